The molecule has 0 saturated carbocycles. The summed E-state index contributed by atoms with van der Waals surface area (Å²) in [5.41, 5.74) is 3.64. The summed E-state index contributed by atoms with van der Waals surface area (Å²) in [4.78, 5) is 0. The molecule has 0 aliphatic heterocycles. The molecule has 0 aliphatic rings. The zero-order chi connectivity index (χ0) is 12.1. The molecule has 0 fully saturated rings. The van der Waals surface area contributed by atoms with Crippen molar-refractivity contribution in [1.29, 1.82) is 0 Å². The smallest absolute Gasteiger partial charge is 0.122 e. The molecule has 0 atom stereocenters. The highest BCUT2D eigenvalue weighted by Gasteiger charge is 2.01. The topological polar surface area (TPSA) is 9.23 Å². The van der Waals surface area contributed by atoms with Gasteiger partial charge in [0, 0.05) is 5.33 Å². The summed E-state index contributed by atoms with van der Waals surface area (Å²) in [7, 11) is 0. The quantitative estimate of drug-likeness (QED) is 0.755. The van der Waals surface area contributed by atoms with Crippen LogP contribution in [-0.2, 0) is 11.9 Å². The monoisotopic (exact) mass is 290 g/mol. The molecule has 0 bridgehead atoms. The van der Waals surface area contributed by atoms with E-state index in [9.17, 15) is 0 Å². The average Bonchev–Trinajstić information content (AvgIpc) is 2.38. The lowest BCUT2D eigenvalue weighted by Gasteiger charge is -2.10. The molecule has 0 aliphatic carbocycles. The molecule has 2 aromatic carbocycles. The number of hydrogen-bond donors (Lipinski definition) is 0. The molecule has 0 unspecified atom stereocenters. The molecule has 0 aromatic heterocycles. The van der Waals surface area contributed by atoms with Crippen LogP contribution in [0.15, 0.2) is 48.5 Å². The lowest BCUT2D eigenvalue weighted by atomic mass is 10.1. The zero-order valence-corrected chi connectivity index (χ0v) is 11.4. The van der Waals surface area contributed by atoms with Crippen LogP contribution >= 0.6 is 15.9 Å². The van der Waals surface area contributed by atoms with Crippen LogP contribution in [0.1, 0.15) is 16.7 Å². The second kappa shape index (κ2) is 5.87. The summed E-state index contributed by atoms with van der Waals surface area (Å²) in [6.45, 7) is 2.70. The molecule has 2 heteroatoms. The molecule has 2 aromatic rings. The van der Waals surface area contributed by atoms with Gasteiger partial charge in [-0.1, -0.05) is 58.4 Å². The van der Waals surface area contributed by atoms with E-state index in [0.717, 1.165) is 11.1 Å². The van der Waals surface area contributed by atoms with Crippen LogP contribution in [0.5, 0.6) is 5.75 Å². The van der Waals surface area contributed by atoms with Crippen LogP contribution in [0.25, 0.3) is 0 Å². The first-order valence-corrected chi connectivity index (χ1v) is 6.74. The minimum absolute atomic E-state index is 0.620. The van der Waals surface area contributed by atoms with Gasteiger partial charge in [-0.05, 0) is 29.7 Å². The molecule has 17 heavy (non-hydrogen) atoms. The van der Waals surface area contributed by atoms with E-state index in [0.29, 0.717) is 6.61 Å². The largest absolute Gasteiger partial charge is 0.489 e. The number of halogens is 1. The van der Waals surface area contributed by atoms with Gasteiger partial charge in [0.05, 0.1) is 0 Å². The van der Waals surface area contributed by atoms with Gasteiger partial charge in [0.15, 0.2) is 0 Å². The second-order valence-electron chi connectivity index (χ2n) is 4.01. The van der Waals surface area contributed by atoms with Crippen molar-refractivity contribution < 1.29 is 4.74 Å². The highest BCUT2D eigenvalue weighted by atomic mass is 79.9. The van der Waals surface area contributed by atoms with Crippen molar-refractivity contribution in [3.63, 3.8) is 0 Å². The van der Waals surface area contributed by atoms with Crippen molar-refractivity contribution in [1.82, 2.24) is 0 Å². The summed E-state index contributed by atoms with van der Waals surface area (Å²) in [6, 6.07) is 16.5. The highest BCUT2D eigenvalue weighted by Crippen LogP contribution is 2.21. The average molecular weight is 291 g/mol. The Balaban J connectivity index is 2.04. The van der Waals surface area contributed by atoms with Crippen molar-refractivity contribution in [2.24, 2.45) is 0 Å². The Kier molecular flexibility index (Phi) is 4.21. The maximum absolute atomic E-state index is 5.81. The third-order valence-corrected chi connectivity index (χ3v) is 3.28. The third kappa shape index (κ3) is 3.34. The van der Waals surface area contributed by atoms with E-state index in [-0.39, 0.29) is 0 Å². The minimum atomic E-state index is 0.620. The first kappa shape index (κ1) is 12.2. The first-order chi connectivity index (χ1) is 8.29. The van der Waals surface area contributed by atoms with Crippen molar-refractivity contribution in [2.75, 3.05) is 0 Å². The van der Waals surface area contributed by atoms with Gasteiger partial charge in [0.2, 0.25) is 0 Å². The zero-order valence-electron chi connectivity index (χ0n) is 9.82. The van der Waals surface area contributed by atoms with Crippen molar-refractivity contribution in [3.8, 4) is 5.75 Å². The maximum atomic E-state index is 5.81. The van der Waals surface area contributed by atoms with Gasteiger partial charge >= 0.3 is 0 Å². The van der Waals surface area contributed by atoms with E-state index in [2.05, 4.69) is 47.1 Å². The molecular formula is C15H15BrO. The Hall–Kier alpha value is -1.28. The first-order valence-electron chi connectivity index (χ1n) is 5.62. The lowest BCUT2D eigenvalue weighted by molar-refractivity contribution is 0.304. The predicted molar refractivity (Wildman–Crippen MR) is 74.6 cm³/mol. The fourth-order valence-corrected chi connectivity index (χ4v) is 2.04. The van der Waals surface area contributed by atoms with E-state index >= 15 is 0 Å². The standard InChI is InChI=1S/C15H15BrO/c1-12-9-14(10-16)7-8-15(12)17-11-13-5-3-2-4-6-13/h2-9H,10-11H2,1H3. The number of benzene rings is 2. The third-order valence-electron chi connectivity index (χ3n) is 2.63. The molecule has 0 N–H and O–H groups in total. The predicted octanol–water partition coefficient (Wildman–Crippen LogP) is 4.47. The van der Waals surface area contributed by atoms with Gasteiger partial charge in [-0.25, -0.2) is 0 Å². The molecule has 1 nitrogen and oxygen atoms in total. The van der Waals surface area contributed by atoms with E-state index in [1.54, 1.807) is 0 Å². The SMILES string of the molecule is Cc1cc(CBr)ccc1OCc1ccccc1. The van der Waals surface area contributed by atoms with Gasteiger partial charge in [0.1, 0.15) is 12.4 Å². The molecule has 0 saturated heterocycles. The van der Waals surface area contributed by atoms with E-state index in [4.69, 9.17) is 4.74 Å². The van der Waals surface area contributed by atoms with Crippen LogP contribution in [0, 0.1) is 6.92 Å². The summed E-state index contributed by atoms with van der Waals surface area (Å²) in [5.74, 6) is 0.957. The van der Waals surface area contributed by atoms with Crippen LogP contribution < -0.4 is 4.74 Å². The number of hydrogen-bond acceptors (Lipinski definition) is 1. The molecule has 0 amide bonds. The summed E-state index contributed by atoms with van der Waals surface area (Å²) in [6.07, 6.45) is 0. The minimum Gasteiger partial charge on any atom is -0.489 e. The summed E-state index contributed by atoms with van der Waals surface area (Å²) in [5, 5.41) is 0.882. The number of rotatable bonds is 4. The molecular weight excluding hydrogens is 276 g/mol. The molecule has 0 heterocycles. The van der Waals surface area contributed by atoms with Crippen LogP contribution in [0.3, 0.4) is 0 Å². The Morgan fingerprint density at radius 2 is 1.76 bits per heavy atom. The number of ether oxygens (including phenoxy) is 1. The Labute approximate surface area is 111 Å². The Bertz CT molecular complexity index is 480. The lowest BCUT2D eigenvalue weighted by Crippen LogP contribution is -1.97. The second-order valence-corrected chi connectivity index (χ2v) is 4.57. The van der Waals surface area contributed by atoms with Crippen LogP contribution in [0.4, 0.5) is 0 Å². The number of aryl methyl sites for hydroxylation is 1. The van der Waals surface area contributed by atoms with E-state index in [1.807, 2.05) is 24.3 Å². The molecule has 88 valence electrons. The van der Waals surface area contributed by atoms with E-state index < -0.39 is 0 Å². The van der Waals surface area contributed by atoms with Gasteiger partial charge in [-0.3, -0.25) is 0 Å². The molecule has 0 spiro atoms. The van der Waals surface area contributed by atoms with Gasteiger partial charge in [0.25, 0.3) is 0 Å². The van der Waals surface area contributed by atoms with Gasteiger partial charge < -0.3 is 4.74 Å². The van der Waals surface area contributed by atoms with Gasteiger partial charge in [-0.2, -0.15) is 0 Å². The van der Waals surface area contributed by atoms with E-state index in [1.165, 1.54) is 16.7 Å². The Morgan fingerprint density at radius 3 is 2.41 bits per heavy atom. The Morgan fingerprint density at radius 1 is 1.00 bits per heavy atom. The highest BCUT2D eigenvalue weighted by molar-refractivity contribution is 9.08. The molecule has 0 radical (unpaired) electrons. The van der Waals surface area contributed by atoms with Crippen molar-refractivity contribution in [2.45, 2.75) is 18.9 Å². The number of alkyl halides is 1. The normalized spacial score (nSPS) is 10.2. The fourth-order valence-electron chi connectivity index (χ4n) is 1.69. The fraction of sp³-hybridized carbons (Fsp3) is 0.200. The van der Waals surface area contributed by atoms with Crippen LogP contribution in [-0.4, -0.2) is 0 Å². The maximum Gasteiger partial charge on any atom is 0.122 e. The summed E-state index contributed by atoms with van der Waals surface area (Å²) >= 11 is 3.45. The van der Waals surface area contributed by atoms with Crippen molar-refractivity contribution in [3.05, 3.63) is 65.2 Å². The molecule has 2 rings (SSSR count). The summed E-state index contributed by atoms with van der Waals surface area (Å²) < 4.78 is 5.81. The van der Waals surface area contributed by atoms with Crippen LogP contribution in [0.2, 0.25) is 0 Å². The van der Waals surface area contributed by atoms with Crippen molar-refractivity contribution >= 4 is 15.9 Å². The van der Waals surface area contributed by atoms with Gasteiger partial charge in [-0.15, -0.1) is 0 Å².